The Hall–Kier alpha value is -1.57. The Morgan fingerprint density at radius 3 is 2.96 bits per heavy atom. The average molecular weight is 347 g/mol. The zero-order chi connectivity index (χ0) is 16.9. The van der Waals surface area contributed by atoms with E-state index in [9.17, 15) is 0 Å². The van der Waals surface area contributed by atoms with Gasteiger partial charge in [-0.15, -0.1) is 16.4 Å². The van der Waals surface area contributed by atoms with Gasteiger partial charge < -0.3 is 9.64 Å². The summed E-state index contributed by atoms with van der Waals surface area (Å²) in [5.74, 6) is 0.912. The van der Waals surface area contributed by atoms with E-state index in [1.165, 1.54) is 4.88 Å². The van der Waals surface area contributed by atoms with Crippen LogP contribution in [0.2, 0.25) is 0 Å². The molecule has 3 heterocycles. The van der Waals surface area contributed by atoms with Crippen LogP contribution < -0.4 is 4.90 Å². The topological polar surface area (TPSA) is 54.4 Å². The van der Waals surface area contributed by atoms with Crippen LogP contribution in [0, 0.1) is 13.8 Å². The maximum absolute atomic E-state index is 5.99. The quantitative estimate of drug-likeness (QED) is 0.799. The molecular formula is C17H25N5OS. The van der Waals surface area contributed by atoms with Crippen LogP contribution in [-0.2, 0) is 11.3 Å². The molecule has 0 unspecified atom stereocenters. The van der Waals surface area contributed by atoms with Gasteiger partial charge in [0.05, 0.1) is 23.4 Å². The minimum Gasteiger partial charge on any atom is -0.374 e. The van der Waals surface area contributed by atoms with Gasteiger partial charge in [-0.1, -0.05) is 0 Å². The number of anilines is 1. The summed E-state index contributed by atoms with van der Waals surface area (Å²) in [6.07, 6.45) is 1.89. The van der Waals surface area contributed by atoms with Gasteiger partial charge >= 0.3 is 0 Å². The standard InChI is InChI=1S/C17H25N5OS/c1-4-22(17-6-5-7-18-20-17)11-15-10-21(8-9-23-15)12-16-13(2)19-14(3)24-16/h5-7,15H,4,8-12H2,1-3H3/t15-/m1/s1. The van der Waals surface area contributed by atoms with Crippen molar-refractivity contribution in [2.45, 2.75) is 33.4 Å². The predicted octanol–water partition coefficient (Wildman–Crippen LogP) is 2.28. The van der Waals surface area contributed by atoms with Crippen molar-refractivity contribution < 1.29 is 4.74 Å². The number of likely N-dealkylation sites (N-methyl/N-ethyl adjacent to an activating group) is 1. The van der Waals surface area contributed by atoms with Gasteiger partial charge in [0.25, 0.3) is 0 Å². The molecular weight excluding hydrogens is 322 g/mol. The molecule has 0 spiro atoms. The number of hydrogen-bond donors (Lipinski definition) is 0. The molecule has 24 heavy (non-hydrogen) atoms. The van der Waals surface area contributed by atoms with E-state index in [1.54, 1.807) is 17.5 Å². The molecule has 1 atom stereocenters. The van der Waals surface area contributed by atoms with E-state index < -0.39 is 0 Å². The van der Waals surface area contributed by atoms with E-state index in [2.05, 4.69) is 45.8 Å². The lowest BCUT2D eigenvalue weighted by atomic mass is 10.2. The van der Waals surface area contributed by atoms with E-state index in [0.29, 0.717) is 0 Å². The van der Waals surface area contributed by atoms with Crippen molar-refractivity contribution >= 4 is 17.2 Å². The first-order valence-electron chi connectivity index (χ1n) is 8.45. The molecule has 1 fully saturated rings. The largest absolute Gasteiger partial charge is 0.374 e. The zero-order valence-corrected chi connectivity index (χ0v) is 15.4. The first-order chi connectivity index (χ1) is 11.7. The van der Waals surface area contributed by atoms with Gasteiger partial charge in [-0.25, -0.2) is 4.98 Å². The molecule has 2 aromatic heterocycles. The number of morpholine rings is 1. The molecule has 3 rings (SSSR count). The summed E-state index contributed by atoms with van der Waals surface area (Å²) in [5, 5.41) is 9.34. The van der Waals surface area contributed by atoms with Crippen LogP contribution in [0.25, 0.3) is 0 Å². The molecule has 0 amide bonds. The Kier molecular flexibility index (Phi) is 5.76. The second-order valence-electron chi connectivity index (χ2n) is 6.09. The highest BCUT2D eigenvalue weighted by Gasteiger charge is 2.24. The Labute approximate surface area is 147 Å². The first-order valence-corrected chi connectivity index (χ1v) is 9.27. The molecule has 0 aliphatic carbocycles. The molecule has 0 aromatic carbocycles. The van der Waals surface area contributed by atoms with Crippen LogP contribution in [0.3, 0.4) is 0 Å². The van der Waals surface area contributed by atoms with Crippen molar-refractivity contribution in [3.8, 4) is 0 Å². The summed E-state index contributed by atoms with van der Waals surface area (Å²) in [4.78, 5) is 10.6. The monoisotopic (exact) mass is 347 g/mol. The van der Waals surface area contributed by atoms with E-state index >= 15 is 0 Å². The number of rotatable bonds is 6. The third-order valence-electron chi connectivity index (χ3n) is 4.28. The normalized spacial score (nSPS) is 18.7. The minimum atomic E-state index is 0.190. The van der Waals surface area contributed by atoms with Gasteiger partial charge in [0.1, 0.15) is 0 Å². The molecule has 0 radical (unpaired) electrons. The van der Waals surface area contributed by atoms with Gasteiger partial charge in [-0.2, -0.15) is 5.10 Å². The second-order valence-corrected chi connectivity index (χ2v) is 7.38. The fourth-order valence-corrected chi connectivity index (χ4v) is 4.03. The fraction of sp³-hybridized carbons (Fsp3) is 0.588. The third-order valence-corrected chi connectivity index (χ3v) is 5.34. The van der Waals surface area contributed by atoms with Crippen molar-refractivity contribution in [3.05, 3.63) is 33.9 Å². The van der Waals surface area contributed by atoms with Gasteiger partial charge in [0.15, 0.2) is 5.82 Å². The summed E-state index contributed by atoms with van der Waals surface area (Å²) < 4.78 is 5.99. The summed E-state index contributed by atoms with van der Waals surface area (Å²) in [6, 6.07) is 3.93. The zero-order valence-electron chi connectivity index (χ0n) is 14.6. The average Bonchev–Trinajstić information content (AvgIpc) is 2.91. The summed E-state index contributed by atoms with van der Waals surface area (Å²) in [5.41, 5.74) is 1.16. The smallest absolute Gasteiger partial charge is 0.151 e. The Bertz CT molecular complexity index is 648. The van der Waals surface area contributed by atoms with E-state index in [1.807, 2.05) is 12.1 Å². The molecule has 1 aliphatic rings. The van der Waals surface area contributed by atoms with Crippen LogP contribution in [-0.4, -0.2) is 59.0 Å². The number of hydrogen-bond acceptors (Lipinski definition) is 7. The molecule has 0 N–H and O–H groups in total. The lowest BCUT2D eigenvalue weighted by Crippen LogP contribution is -2.47. The third kappa shape index (κ3) is 4.28. The molecule has 1 saturated heterocycles. The maximum Gasteiger partial charge on any atom is 0.151 e. The van der Waals surface area contributed by atoms with Crippen molar-refractivity contribution in [1.82, 2.24) is 20.1 Å². The van der Waals surface area contributed by atoms with Crippen LogP contribution in [0.1, 0.15) is 22.5 Å². The molecule has 2 aromatic rings. The second kappa shape index (κ2) is 8.00. The minimum absolute atomic E-state index is 0.190. The molecule has 0 saturated carbocycles. The lowest BCUT2D eigenvalue weighted by molar-refractivity contribution is -0.0266. The highest BCUT2D eigenvalue weighted by molar-refractivity contribution is 7.11. The van der Waals surface area contributed by atoms with Crippen molar-refractivity contribution in [1.29, 1.82) is 0 Å². The summed E-state index contributed by atoms with van der Waals surface area (Å²) >= 11 is 1.80. The summed E-state index contributed by atoms with van der Waals surface area (Å²) in [7, 11) is 0. The SMILES string of the molecule is CCN(C[C@H]1CN(Cc2sc(C)nc2C)CCO1)c1cccnn1. The number of aryl methyl sites for hydroxylation is 2. The van der Waals surface area contributed by atoms with E-state index in [4.69, 9.17) is 4.74 Å². The molecule has 6 nitrogen and oxygen atoms in total. The number of nitrogens with zero attached hydrogens (tertiary/aromatic N) is 5. The van der Waals surface area contributed by atoms with E-state index in [0.717, 1.165) is 55.9 Å². The van der Waals surface area contributed by atoms with Gasteiger partial charge in [-0.3, -0.25) is 4.90 Å². The van der Waals surface area contributed by atoms with Crippen molar-refractivity contribution in [2.24, 2.45) is 0 Å². The van der Waals surface area contributed by atoms with Crippen LogP contribution >= 0.6 is 11.3 Å². The van der Waals surface area contributed by atoms with Crippen LogP contribution in [0.15, 0.2) is 18.3 Å². The molecule has 0 bridgehead atoms. The fourth-order valence-electron chi connectivity index (χ4n) is 3.05. The Morgan fingerprint density at radius 2 is 2.29 bits per heavy atom. The number of ether oxygens (including phenoxy) is 1. The summed E-state index contributed by atoms with van der Waals surface area (Å²) in [6.45, 7) is 11.7. The molecule has 7 heteroatoms. The lowest BCUT2D eigenvalue weighted by Gasteiger charge is -2.35. The predicted molar refractivity (Wildman–Crippen MR) is 96.5 cm³/mol. The molecule has 1 aliphatic heterocycles. The van der Waals surface area contributed by atoms with Gasteiger partial charge in [-0.05, 0) is 32.9 Å². The Balaban J connectivity index is 1.59. The first kappa shape index (κ1) is 17.3. The number of thiazole rings is 1. The van der Waals surface area contributed by atoms with Crippen LogP contribution in [0.5, 0.6) is 0 Å². The van der Waals surface area contributed by atoms with Gasteiger partial charge in [0, 0.05) is 43.8 Å². The maximum atomic E-state index is 5.99. The van der Waals surface area contributed by atoms with Crippen molar-refractivity contribution in [3.63, 3.8) is 0 Å². The highest BCUT2D eigenvalue weighted by Crippen LogP contribution is 2.21. The molecule has 130 valence electrons. The van der Waals surface area contributed by atoms with E-state index in [-0.39, 0.29) is 6.10 Å². The van der Waals surface area contributed by atoms with Crippen LogP contribution in [0.4, 0.5) is 5.82 Å². The number of aromatic nitrogens is 3. The Morgan fingerprint density at radius 1 is 1.42 bits per heavy atom. The van der Waals surface area contributed by atoms with Gasteiger partial charge in [0.2, 0.25) is 0 Å². The van der Waals surface area contributed by atoms with Crippen molar-refractivity contribution in [2.75, 3.05) is 37.7 Å². The highest BCUT2D eigenvalue weighted by atomic mass is 32.1.